The molecule has 0 aliphatic carbocycles. The number of hydroxylamine groups is 1. The van der Waals surface area contributed by atoms with Crippen LogP contribution in [0.25, 0.3) is 5.70 Å². The molecule has 1 fully saturated rings. The van der Waals surface area contributed by atoms with Gasteiger partial charge in [0.1, 0.15) is 11.6 Å². The fraction of sp³-hybridized carbons (Fsp3) is 0.318. The summed E-state index contributed by atoms with van der Waals surface area (Å²) in [5.41, 5.74) is -2.35. The van der Waals surface area contributed by atoms with Gasteiger partial charge in [-0.3, -0.25) is 19.3 Å². The molecule has 0 spiro atoms. The maximum atomic E-state index is 15.1. The summed E-state index contributed by atoms with van der Waals surface area (Å²) in [6.45, 7) is -0.399. The third-order valence-corrected chi connectivity index (χ3v) is 6.66. The highest BCUT2D eigenvalue weighted by atomic mass is 35.5. The Morgan fingerprint density at radius 3 is 2.35 bits per heavy atom. The molecule has 2 unspecified atom stereocenters. The van der Waals surface area contributed by atoms with Crippen molar-refractivity contribution in [1.29, 1.82) is 0 Å². The van der Waals surface area contributed by atoms with Gasteiger partial charge in [0.15, 0.2) is 5.67 Å². The molecule has 1 N–H and O–H groups in total. The van der Waals surface area contributed by atoms with Crippen molar-refractivity contribution in [2.45, 2.75) is 17.4 Å². The Morgan fingerprint density at radius 1 is 1.18 bits per heavy atom. The van der Waals surface area contributed by atoms with E-state index in [9.17, 15) is 26.6 Å². The van der Waals surface area contributed by atoms with E-state index in [1.807, 2.05) is 0 Å². The molecule has 0 bridgehead atoms. The van der Waals surface area contributed by atoms with Gasteiger partial charge in [-0.1, -0.05) is 41.9 Å². The molecule has 0 aromatic heterocycles. The van der Waals surface area contributed by atoms with Gasteiger partial charge in [0.05, 0.1) is 23.8 Å². The van der Waals surface area contributed by atoms with Crippen LogP contribution in [0.5, 0.6) is 0 Å². The summed E-state index contributed by atoms with van der Waals surface area (Å²) in [4.78, 5) is 18.1. The number of likely N-dealkylation sites (tertiary alicyclic amines) is 1. The Hall–Kier alpha value is -2.50. The second-order valence-corrected chi connectivity index (χ2v) is 9.98. The van der Waals surface area contributed by atoms with Crippen LogP contribution in [-0.4, -0.2) is 46.3 Å². The van der Waals surface area contributed by atoms with Crippen molar-refractivity contribution >= 4 is 34.0 Å². The zero-order valence-electron chi connectivity index (χ0n) is 17.6. The quantitative estimate of drug-likeness (QED) is 0.601. The second-order valence-electron chi connectivity index (χ2n) is 8.13. The van der Waals surface area contributed by atoms with Crippen LogP contribution in [0.1, 0.15) is 16.7 Å². The molecule has 2 atom stereocenters. The third-order valence-electron chi connectivity index (χ3n) is 5.71. The third kappa shape index (κ3) is 4.32. The Kier molecular flexibility index (Phi) is 6.24. The smallest absolute Gasteiger partial charge is 0.335 e. The van der Waals surface area contributed by atoms with Crippen LogP contribution in [0.3, 0.4) is 0 Å². The number of benzene rings is 2. The van der Waals surface area contributed by atoms with Gasteiger partial charge in [-0.15, -0.1) is 0 Å². The Morgan fingerprint density at radius 2 is 1.79 bits per heavy atom. The van der Waals surface area contributed by atoms with Crippen LogP contribution < -0.4 is 5.48 Å². The maximum absolute atomic E-state index is 15.1. The van der Waals surface area contributed by atoms with Crippen molar-refractivity contribution in [3.8, 4) is 0 Å². The number of nitrogens with zero attached hydrogens (tertiary/aromatic N) is 1. The molecule has 34 heavy (non-hydrogen) atoms. The van der Waals surface area contributed by atoms with E-state index in [2.05, 4.69) is 5.48 Å². The summed E-state index contributed by atoms with van der Waals surface area (Å²) in [5.74, 6) is -1.46. The minimum Gasteiger partial charge on any atom is -0.335 e. The van der Waals surface area contributed by atoms with E-state index in [1.54, 1.807) is 0 Å². The molecule has 0 saturated carbocycles. The van der Waals surface area contributed by atoms with Crippen LogP contribution in [0.15, 0.2) is 48.5 Å². The first-order valence-electron chi connectivity index (χ1n) is 9.91. The molecule has 5 nitrogen and oxygen atoms in total. The number of carbonyl (C=O) groups excluding carboxylic acids is 1. The maximum Gasteiger partial charge on any atom is 0.428 e. The Balaban J connectivity index is 1.57. The first-order chi connectivity index (χ1) is 15.8. The minimum atomic E-state index is -4.91. The summed E-state index contributed by atoms with van der Waals surface area (Å²) in [5, 5.41) is -0.484. The fourth-order valence-electron chi connectivity index (χ4n) is 3.84. The van der Waals surface area contributed by atoms with Crippen LogP contribution in [0, 0.1) is 5.82 Å². The van der Waals surface area contributed by atoms with Gasteiger partial charge in [0, 0.05) is 22.6 Å². The molecular formula is C22H18ClF5N2O3S. The molecule has 2 aliphatic rings. The van der Waals surface area contributed by atoms with Crippen molar-refractivity contribution in [1.82, 2.24) is 10.4 Å². The number of amides is 1. The largest absolute Gasteiger partial charge is 0.428 e. The lowest BCUT2D eigenvalue weighted by Gasteiger charge is -2.44. The van der Waals surface area contributed by atoms with Crippen molar-refractivity contribution in [2.75, 3.05) is 25.1 Å². The van der Waals surface area contributed by atoms with Gasteiger partial charge in [-0.25, -0.2) is 8.78 Å². The van der Waals surface area contributed by atoms with E-state index in [1.165, 1.54) is 35.4 Å². The Bertz CT molecular complexity index is 1180. The zero-order valence-corrected chi connectivity index (χ0v) is 19.2. The number of hydrogen-bond donors (Lipinski definition) is 1. The normalized spacial score (nSPS) is 22.6. The van der Waals surface area contributed by atoms with Crippen molar-refractivity contribution in [2.24, 2.45) is 0 Å². The standard InChI is InChI=1S/C22H18ClF5N2O3S/c1-34(32)10-19(31)30-11-20(25,12-30)14-4-2-13(3-5-14)18-9-21(33-29-18,22(26,27)28)15-6-7-17(24)16(23)8-15/h2-9,29H,10-12H2,1H3. The van der Waals surface area contributed by atoms with Gasteiger partial charge >= 0.3 is 6.18 Å². The van der Waals surface area contributed by atoms with Crippen LogP contribution in [0.2, 0.25) is 5.02 Å². The minimum absolute atomic E-state index is 0.0203. The molecule has 2 heterocycles. The number of halogens is 6. The number of nitrogens with one attached hydrogen (secondary N) is 1. The molecule has 2 aliphatic heterocycles. The number of carbonyl (C=O) groups is 1. The second kappa shape index (κ2) is 8.62. The molecule has 2 aromatic carbocycles. The van der Waals surface area contributed by atoms with E-state index >= 15 is 4.39 Å². The summed E-state index contributed by atoms with van der Waals surface area (Å²) in [6.07, 6.45) is -2.71. The Labute approximate surface area is 198 Å². The monoisotopic (exact) mass is 520 g/mol. The topological polar surface area (TPSA) is 58.6 Å². The average Bonchev–Trinajstić information content (AvgIpc) is 3.20. The highest BCUT2D eigenvalue weighted by Crippen LogP contribution is 2.48. The predicted octanol–water partition coefficient (Wildman–Crippen LogP) is 4.20. The molecular weight excluding hydrogens is 503 g/mol. The molecule has 2 aromatic rings. The van der Waals surface area contributed by atoms with Crippen LogP contribution in [-0.2, 0) is 31.7 Å². The van der Waals surface area contributed by atoms with E-state index in [-0.39, 0.29) is 30.1 Å². The molecule has 1 amide bonds. The molecule has 182 valence electrons. The lowest BCUT2D eigenvalue weighted by Crippen LogP contribution is -2.59. The molecule has 1 saturated heterocycles. The molecule has 12 heteroatoms. The average molecular weight is 521 g/mol. The zero-order chi connectivity index (χ0) is 24.9. The number of hydrogen-bond acceptors (Lipinski definition) is 4. The van der Waals surface area contributed by atoms with Gasteiger partial charge in [-0.05, 0) is 29.3 Å². The summed E-state index contributed by atoms with van der Waals surface area (Å²) >= 11 is 5.68. The van der Waals surface area contributed by atoms with Gasteiger partial charge in [0.25, 0.3) is 0 Å². The van der Waals surface area contributed by atoms with Gasteiger partial charge in [0.2, 0.25) is 11.5 Å². The molecule has 4 rings (SSSR count). The first-order valence-corrected chi connectivity index (χ1v) is 12.0. The van der Waals surface area contributed by atoms with E-state index in [0.717, 1.165) is 24.3 Å². The molecule has 0 radical (unpaired) electrons. The van der Waals surface area contributed by atoms with Crippen LogP contribution >= 0.6 is 11.6 Å². The number of rotatable bonds is 5. The number of alkyl halides is 4. The van der Waals surface area contributed by atoms with Crippen molar-refractivity contribution in [3.63, 3.8) is 0 Å². The SMILES string of the molecule is CS(=O)CC(=O)N1CC(F)(c2ccc(C3=CC(c4ccc(F)c(Cl)c4)(C(F)(F)F)ON3)cc2)C1. The van der Waals surface area contributed by atoms with E-state index in [0.29, 0.717) is 5.56 Å². The summed E-state index contributed by atoms with van der Waals surface area (Å²) < 4.78 is 81.9. The van der Waals surface area contributed by atoms with Gasteiger partial charge < -0.3 is 4.90 Å². The highest BCUT2D eigenvalue weighted by molar-refractivity contribution is 7.85. The van der Waals surface area contributed by atoms with Crippen molar-refractivity contribution < 1.29 is 35.8 Å². The first kappa shape index (κ1) is 24.6. The fourth-order valence-corrected chi connectivity index (χ4v) is 4.55. The predicted molar refractivity (Wildman–Crippen MR) is 116 cm³/mol. The summed E-state index contributed by atoms with van der Waals surface area (Å²) in [6, 6.07) is 8.28. The van der Waals surface area contributed by atoms with Crippen LogP contribution in [0.4, 0.5) is 22.0 Å². The van der Waals surface area contributed by atoms with E-state index < -0.39 is 50.6 Å². The van der Waals surface area contributed by atoms with Gasteiger partial charge in [-0.2, -0.15) is 13.2 Å². The summed E-state index contributed by atoms with van der Waals surface area (Å²) in [7, 11) is -1.33. The van der Waals surface area contributed by atoms with Crippen molar-refractivity contribution in [3.05, 3.63) is 76.1 Å². The lowest BCUT2D eigenvalue weighted by molar-refractivity contribution is -0.269. The lowest BCUT2D eigenvalue weighted by atomic mass is 9.87. The highest BCUT2D eigenvalue weighted by Gasteiger charge is 2.59. The van der Waals surface area contributed by atoms with E-state index in [4.69, 9.17) is 16.4 Å².